The maximum atomic E-state index is 3.55. The van der Waals surface area contributed by atoms with Crippen molar-refractivity contribution < 1.29 is 0 Å². The molecule has 20 heavy (non-hydrogen) atoms. The van der Waals surface area contributed by atoms with E-state index in [9.17, 15) is 0 Å². The highest BCUT2D eigenvalue weighted by Crippen LogP contribution is 2.36. The fraction of sp³-hybridized carbons (Fsp3) is 0.667. The van der Waals surface area contributed by atoms with E-state index in [1.54, 1.807) is 0 Å². The van der Waals surface area contributed by atoms with Crippen LogP contribution >= 0.6 is 0 Å². The molecular formula is C18H28N2. The van der Waals surface area contributed by atoms with Gasteiger partial charge in [0.05, 0.1) is 0 Å². The predicted molar refractivity (Wildman–Crippen MR) is 86.3 cm³/mol. The van der Waals surface area contributed by atoms with E-state index in [2.05, 4.69) is 55.3 Å². The van der Waals surface area contributed by atoms with Gasteiger partial charge >= 0.3 is 0 Å². The maximum absolute atomic E-state index is 3.55. The molecule has 110 valence electrons. The van der Waals surface area contributed by atoms with Gasteiger partial charge in [0.1, 0.15) is 0 Å². The van der Waals surface area contributed by atoms with Crippen molar-refractivity contribution in [1.29, 1.82) is 0 Å². The third-order valence-electron chi connectivity index (χ3n) is 5.23. The first-order valence-electron chi connectivity index (χ1n) is 8.09. The first kappa shape index (κ1) is 13.9. The zero-order chi connectivity index (χ0) is 14.2. The van der Waals surface area contributed by atoms with Crippen molar-refractivity contribution in [2.75, 3.05) is 31.5 Å². The summed E-state index contributed by atoms with van der Waals surface area (Å²) in [6.45, 7) is 12.1. The molecule has 1 aromatic carbocycles. The number of para-hydroxylation sites is 1. The highest BCUT2D eigenvalue weighted by atomic mass is 15.1. The lowest BCUT2D eigenvalue weighted by molar-refractivity contribution is 0.109. The fourth-order valence-corrected chi connectivity index (χ4v) is 3.81. The van der Waals surface area contributed by atoms with Gasteiger partial charge in [-0.15, -0.1) is 0 Å². The molecule has 1 N–H and O–H groups in total. The van der Waals surface area contributed by atoms with E-state index in [4.69, 9.17) is 0 Å². The normalized spacial score (nSPS) is 24.4. The molecule has 0 aliphatic carbocycles. The minimum Gasteiger partial charge on any atom is -0.384 e. The summed E-state index contributed by atoms with van der Waals surface area (Å²) < 4.78 is 0. The average molecular weight is 272 g/mol. The smallest absolute Gasteiger partial charge is 0.0376 e. The lowest BCUT2D eigenvalue weighted by Gasteiger charge is -2.39. The third-order valence-corrected chi connectivity index (χ3v) is 5.23. The van der Waals surface area contributed by atoms with Crippen LogP contribution in [-0.4, -0.2) is 31.1 Å². The Morgan fingerprint density at radius 2 is 1.85 bits per heavy atom. The van der Waals surface area contributed by atoms with Crippen LogP contribution in [0.15, 0.2) is 24.3 Å². The van der Waals surface area contributed by atoms with Gasteiger partial charge in [0.2, 0.25) is 0 Å². The molecule has 0 amide bonds. The lowest BCUT2D eigenvalue weighted by Crippen LogP contribution is -2.40. The number of nitrogens with zero attached hydrogens (tertiary/aromatic N) is 1. The van der Waals surface area contributed by atoms with Crippen LogP contribution in [0.1, 0.15) is 45.1 Å². The number of likely N-dealkylation sites (tertiary alicyclic amines) is 1. The lowest BCUT2D eigenvalue weighted by atomic mass is 9.75. The van der Waals surface area contributed by atoms with E-state index >= 15 is 0 Å². The van der Waals surface area contributed by atoms with Gasteiger partial charge in [0.25, 0.3) is 0 Å². The van der Waals surface area contributed by atoms with Crippen molar-refractivity contribution in [1.82, 2.24) is 4.90 Å². The summed E-state index contributed by atoms with van der Waals surface area (Å²) in [7, 11) is 0. The minimum absolute atomic E-state index is 0.480. The zero-order valence-corrected chi connectivity index (χ0v) is 13.2. The summed E-state index contributed by atoms with van der Waals surface area (Å²) in [5.74, 6) is 1.57. The van der Waals surface area contributed by atoms with Crippen molar-refractivity contribution >= 4 is 5.69 Å². The molecule has 2 heteroatoms. The van der Waals surface area contributed by atoms with Crippen LogP contribution in [0.4, 0.5) is 5.69 Å². The van der Waals surface area contributed by atoms with Crippen LogP contribution in [-0.2, 0) is 0 Å². The molecule has 0 radical (unpaired) electrons. The third kappa shape index (κ3) is 2.85. The van der Waals surface area contributed by atoms with E-state index in [1.807, 2.05) is 0 Å². The van der Waals surface area contributed by atoms with Gasteiger partial charge in [-0.05, 0) is 48.9 Å². The first-order chi connectivity index (χ1) is 9.54. The quantitative estimate of drug-likeness (QED) is 0.877. The molecule has 2 heterocycles. The van der Waals surface area contributed by atoms with Crippen LogP contribution in [0, 0.1) is 11.3 Å². The summed E-state index contributed by atoms with van der Waals surface area (Å²) in [6, 6.07) is 8.80. The van der Waals surface area contributed by atoms with Crippen LogP contribution in [0.2, 0.25) is 0 Å². The number of fused-ring (bicyclic) bond motifs is 1. The van der Waals surface area contributed by atoms with Crippen LogP contribution in [0.25, 0.3) is 0 Å². The van der Waals surface area contributed by atoms with Crippen molar-refractivity contribution in [3.05, 3.63) is 29.8 Å². The number of hydrogen-bond acceptors (Lipinski definition) is 2. The summed E-state index contributed by atoms with van der Waals surface area (Å²) in [5.41, 5.74) is 3.35. The molecule has 1 unspecified atom stereocenters. The van der Waals surface area contributed by atoms with E-state index in [0.29, 0.717) is 11.3 Å². The van der Waals surface area contributed by atoms with Crippen molar-refractivity contribution in [2.45, 2.75) is 39.5 Å². The monoisotopic (exact) mass is 272 g/mol. The predicted octanol–water partition coefficient (Wildman–Crippen LogP) is 3.95. The SMILES string of the molecule is CC(C)(C)C1CCN(CC2CNc3ccccc32)CC1. The zero-order valence-electron chi connectivity index (χ0n) is 13.2. The highest BCUT2D eigenvalue weighted by molar-refractivity contribution is 5.57. The summed E-state index contributed by atoms with van der Waals surface area (Å²) in [4.78, 5) is 2.68. The Morgan fingerprint density at radius 3 is 2.55 bits per heavy atom. The largest absolute Gasteiger partial charge is 0.384 e. The standard InChI is InChI=1S/C18H28N2/c1-18(2,3)15-8-10-20(11-9-15)13-14-12-19-17-7-5-4-6-16(14)17/h4-7,14-15,19H,8-13H2,1-3H3. The molecule has 1 aromatic rings. The fourth-order valence-electron chi connectivity index (χ4n) is 3.81. The van der Waals surface area contributed by atoms with Crippen molar-refractivity contribution in [2.24, 2.45) is 11.3 Å². The Hall–Kier alpha value is -1.02. The van der Waals surface area contributed by atoms with Gasteiger partial charge in [0, 0.05) is 24.7 Å². The summed E-state index contributed by atoms with van der Waals surface area (Å²) in [5, 5.41) is 3.55. The molecule has 2 aliphatic rings. The minimum atomic E-state index is 0.480. The molecule has 0 spiro atoms. The van der Waals surface area contributed by atoms with E-state index in [0.717, 1.165) is 12.5 Å². The molecular weight excluding hydrogens is 244 g/mol. The molecule has 3 rings (SSSR count). The van der Waals surface area contributed by atoms with Gasteiger partial charge in [-0.2, -0.15) is 0 Å². The van der Waals surface area contributed by atoms with Gasteiger partial charge in [0.15, 0.2) is 0 Å². The second-order valence-corrected chi connectivity index (χ2v) is 7.61. The number of nitrogens with one attached hydrogen (secondary N) is 1. The summed E-state index contributed by atoms with van der Waals surface area (Å²) in [6.07, 6.45) is 2.73. The van der Waals surface area contributed by atoms with Crippen molar-refractivity contribution in [3.63, 3.8) is 0 Å². The molecule has 2 aliphatic heterocycles. The molecule has 0 saturated carbocycles. The number of piperidine rings is 1. The van der Waals surface area contributed by atoms with Crippen LogP contribution in [0.5, 0.6) is 0 Å². The Kier molecular flexibility index (Phi) is 3.76. The van der Waals surface area contributed by atoms with Gasteiger partial charge < -0.3 is 10.2 Å². The number of anilines is 1. The second kappa shape index (κ2) is 5.40. The summed E-state index contributed by atoms with van der Waals surface area (Å²) >= 11 is 0. The van der Waals surface area contributed by atoms with Gasteiger partial charge in [-0.25, -0.2) is 0 Å². The molecule has 2 nitrogen and oxygen atoms in total. The van der Waals surface area contributed by atoms with E-state index in [-0.39, 0.29) is 0 Å². The molecule has 1 saturated heterocycles. The Morgan fingerprint density at radius 1 is 1.15 bits per heavy atom. The molecule has 0 bridgehead atoms. The Bertz CT molecular complexity index is 453. The number of benzene rings is 1. The molecule has 0 aromatic heterocycles. The number of rotatable bonds is 2. The molecule has 1 fully saturated rings. The number of hydrogen-bond donors (Lipinski definition) is 1. The van der Waals surface area contributed by atoms with E-state index in [1.165, 1.54) is 43.7 Å². The Labute approximate surface area is 123 Å². The van der Waals surface area contributed by atoms with Gasteiger partial charge in [-0.3, -0.25) is 0 Å². The Balaban J connectivity index is 1.56. The van der Waals surface area contributed by atoms with Crippen LogP contribution in [0.3, 0.4) is 0 Å². The van der Waals surface area contributed by atoms with Gasteiger partial charge in [-0.1, -0.05) is 39.0 Å². The average Bonchev–Trinajstić information content (AvgIpc) is 2.82. The van der Waals surface area contributed by atoms with E-state index < -0.39 is 0 Å². The molecule has 1 atom stereocenters. The first-order valence-corrected chi connectivity index (χ1v) is 8.09. The maximum Gasteiger partial charge on any atom is 0.0376 e. The van der Waals surface area contributed by atoms with Crippen molar-refractivity contribution in [3.8, 4) is 0 Å². The highest BCUT2D eigenvalue weighted by Gasteiger charge is 2.30. The second-order valence-electron chi connectivity index (χ2n) is 7.61. The van der Waals surface area contributed by atoms with Crippen LogP contribution < -0.4 is 5.32 Å². The topological polar surface area (TPSA) is 15.3 Å².